The number of aliphatic hydroxyl groups excluding tert-OH is 1. The summed E-state index contributed by atoms with van der Waals surface area (Å²) in [5, 5.41) is 8.62. The number of aliphatic hydroxyl groups is 1. The van der Waals surface area contributed by atoms with E-state index in [1.807, 2.05) is 0 Å². The topological polar surface area (TPSA) is 20.2 Å². The lowest BCUT2D eigenvalue weighted by atomic mass is 9.88. The van der Waals surface area contributed by atoms with Crippen LogP contribution in [0, 0.1) is 5.41 Å². The van der Waals surface area contributed by atoms with E-state index in [2.05, 4.69) is 0 Å². The Labute approximate surface area is 60.1 Å². The molecule has 0 aromatic carbocycles. The number of hydrogen-bond donors (Lipinski definition) is 1. The average molecular weight is 152 g/mol. The first-order valence-corrected chi connectivity index (χ1v) is 3.25. The molecule has 1 nitrogen and oxygen atoms in total. The van der Waals surface area contributed by atoms with Crippen molar-refractivity contribution in [3.8, 4) is 0 Å². The molecule has 0 aliphatic heterocycles. The van der Waals surface area contributed by atoms with Gasteiger partial charge in [0.25, 0.3) is 0 Å². The van der Waals surface area contributed by atoms with Crippen LogP contribution in [0.3, 0.4) is 0 Å². The van der Waals surface area contributed by atoms with Crippen LogP contribution < -0.4 is 0 Å². The number of halogens is 2. The minimum atomic E-state index is -2.67. The molecule has 0 atom stereocenters. The minimum Gasteiger partial charge on any atom is -0.396 e. The molecule has 10 heavy (non-hydrogen) atoms. The van der Waals surface area contributed by atoms with Gasteiger partial charge < -0.3 is 5.11 Å². The Morgan fingerprint density at radius 1 is 1.20 bits per heavy atom. The molecule has 0 aliphatic rings. The zero-order valence-corrected chi connectivity index (χ0v) is 6.62. The molecule has 0 radical (unpaired) electrons. The second-order valence-electron chi connectivity index (χ2n) is 3.57. The Bertz CT molecular complexity index is 105. The zero-order valence-electron chi connectivity index (χ0n) is 6.62. The first-order chi connectivity index (χ1) is 4.27. The maximum atomic E-state index is 12.3. The first-order valence-electron chi connectivity index (χ1n) is 3.25. The van der Waals surface area contributed by atoms with E-state index in [0.717, 1.165) is 6.92 Å². The first kappa shape index (κ1) is 9.82. The summed E-state index contributed by atoms with van der Waals surface area (Å²) in [5.41, 5.74) is -0.668. The van der Waals surface area contributed by atoms with Crippen molar-refractivity contribution in [3.05, 3.63) is 0 Å². The highest BCUT2D eigenvalue weighted by atomic mass is 19.3. The molecule has 3 heteroatoms. The Morgan fingerprint density at radius 2 is 1.60 bits per heavy atom. The standard InChI is InChI=1S/C7H14F2O/c1-6(2,5-10)4-7(3,8)9/h10H,4-5H2,1-3H3. The van der Waals surface area contributed by atoms with Crippen molar-refractivity contribution in [1.29, 1.82) is 0 Å². The predicted molar refractivity (Wildman–Crippen MR) is 36.1 cm³/mol. The number of hydrogen-bond acceptors (Lipinski definition) is 1. The van der Waals surface area contributed by atoms with Gasteiger partial charge in [-0.05, 0) is 12.3 Å². The molecule has 0 saturated heterocycles. The molecule has 0 amide bonds. The van der Waals surface area contributed by atoms with Gasteiger partial charge in [-0.25, -0.2) is 8.78 Å². The summed E-state index contributed by atoms with van der Waals surface area (Å²) < 4.78 is 24.6. The summed E-state index contributed by atoms with van der Waals surface area (Å²) in [6, 6.07) is 0. The minimum absolute atomic E-state index is 0.198. The fraction of sp³-hybridized carbons (Fsp3) is 1.00. The maximum absolute atomic E-state index is 12.3. The Kier molecular flexibility index (Phi) is 2.77. The monoisotopic (exact) mass is 152 g/mol. The molecule has 0 spiro atoms. The van der Waals surface area contributed by atoms with Gasteiger partial charge in [0.1, 0.15) is 0 Å². The lowest BCUT2D eigenvalue weighted by Gasteiger charge is -2.24. The van der Waals surface area contributed by atoms with Crippen LogP contribution in [-0.4, -0.2) is 17.6 Å². The third kappa shape index (κ3) is 4.68. The van der Waals surface area contributed by atoms with Crippen LogP contribution in [0.1, 0.15) is 27.2 Å². The lowest BCUT2D eigenvalue weighted by molar-refractivity contribution is -0.0343. The lowest BCUT2D eigenvalue weighted by Crippen LogP contribution is -2.26. The second-order valence-corrected chi connectivity index (χ2v) is 3.57. The van der Waals surface area contributed by atoms with E-state index < -0.39 is 11.3 Å². The van der Waals surface area contributed by atoms with Crippen LogP contribution in [0.25, 0.3) is 0 Å². The van der Waals surface area contributed by atoms with Crippen molar-refractivity contribution in [2.75, 3.05) is 6.61 Å². The van der Waals surface area contributed by atoms with Crippen molar-refractivity contribution in [1.82, 2.24) is 0 Å². The van der Waals surface area contributed by atoms with Gasteiger partial charge in [-0.3, -0.25) is 0 Å². The van der Waals surface area contributed by atoms with Gasteiger partial charge in [-0.1, -0.05) is 13.8 Å². The van der Waals surface area contributed by atoms with E-state index in [9.17, 15) is 8.78 Å². The third-order valence-electron chi connectivity index (χ3n) is 1.22. The van der Waals surface area contributed by atoms with E-state index in [1.165, 1.54) is 0 Å². The third-order valence-corrected chi connectivity index (χ3v) is 1.22. The Balaban J connectivity index is 3.89. The maximum Gasteiger partial charge on any atom is 0.246 e. The van der Waals surface area contributed by atoms with E-state index in [1.54, 1.807) is 13.8 Å². The van der Waals surface area contributed by atoms with Gasteiger partial charge >= 0.3 is 0 Å². The number of rotatable bonds is 3. The summed E-state index contributed by atoms with van der Waals surface area (Å²) in [6.07, 6.45) is -0.267. The van der Waals surface area contributed by atoms with Crippen LogP contribution in [0.4, 0.5) is 8.78 Å². The average Bonchev–Trinajstić information content (AvgIpc) is 1.60. The summed E-state index contributed by atoms with van der Waals surface area (Å²) in [4.78, 5) is 0. The summed E-state index contributed by atoms with van der Waals surface area (Å²) in [5.74, 6) is -2.67. The smallest absolute Gasteiger partial charge is 0.246 e. The van der Waals surface area contributed by atoms with Crippen LogP contribution in [0.5, 0.6) is 0 Å². The zero-order chi connectivity index (χ0) is 8.41. The van der Waals surface area contributed by atoms with Crippen molar-refractivity contribution >= 4 is 0 Å². The quantitative estimate of drug-likeness (QED) is 0.656. The highest BCUT2D eigenvalue weighted by Crippen LogP contribution is 2.30. The largest absolute Gasteiger partial charge is 0.396 e. The predicted octanol–water partition coefficient (Wildman–Crippen LogP) is 2.05. The summed E-state index contributed by atoms with van der Waals surface area (Å²) in [6.45, 7) is 3.90. The van der Waals surface area contributed by atoms with E-state index >= 15 is 0 Å². The fourth-order valence-electron chi connectivity index (χ4n) is 0.896. The van der Waals surface area contributed by atoms with Gasteiger partial charge in [0.2, 0.25) is 5.92 Å². The molecule has 0 aromatic rings. The number of alkyl halides is 2. The molecular weight excluding hydrogens is 138 g/mol. The molecule has 0 rings (SSSR count). The van der Waals surface area contributed by atoms with E-state index in [-0.39, 0.29) is 13.0 Å². The molecular formula is C7H14F2O. The van der Waals surface area contributed by atoms with Crippen LogP contribution in [-0.2, 0) is 0 Å². The SMILES string of the molecule is CC(F)(F)CC(C)(C)CO. The molecule has 0 bridgehead atoms. The van der Waals surface area contributed by atoms with Crippen molar-refractivity contribution in [3.63, 3.8) is 0 Å². The van der Waals surface area contributed by atoms with Gasteiger partial charge in [-0.15, -0.1) is 0 Å². The van der Waals surface area contributed by atoms with E-state index in [0.29, 0.717) is 0 Å². The fourth-order valence-corrected chi connectivity index (χ4v) is 0.896. The highest BCUT2D eigenvalue weighted by molar-refractivity contribution is 4.73. The molecule has 0 unspecified atom stereocenters. The second kappa shape index (κ2) is 2.82. The molecule has 0 fully saturated rings. The van der Waals surface area contributed by atoms with Gasteiger partial charge in [0.05, 0.1) is 0 Å². The van der Waals surface area contributed by atoms with Gasteiger partial charge in [0.15, 0.2) is 0 Å². The summed E-state index contributed by atoms with van der Waals surface area (Å²) >= 11 is 0. The molecule has 0 saturated carbocycles. The van der Waals surface area contributed by atoms with Crippen molar-refractivity contribution in [2.45, 2.75) is 33.1 Å². The molecule has 62 valence electrons. The highest BCUT2D eigenvalue weighted by Gasteiger charge is 2.31. The Hall–Kier alpha value is -0.180. The van der Waals surface area contributed by atoms with Crippen molar-refractivity contribution < 1.29 is 13.9 Å². The molecule has 1 N–H and O–H groups in total. The van der Waals surface area contributed by atoms with Crippen LogP contribution in [0.2, 0.25) is 0 Å². The normalized spacial score (nSPS) is 13.8. The Morgan fingerprint density at radius 3 is 1.70 bits per heavy atom. The van der Waals surface area contributed by atoms with Crippen LogP contribution in [0.15, 0.2) is 0 Å². The van der Waals surface area contributed by atoms with Gasteiger partial charge in [-0.2, -0.15) is 0 Å². The molecule has 0 aliphatic carbocycles. The van der Waals surface area contributed by atoms with Crippen molar-refractivity contribution in [2.24, 2.45) is 5.41 Å². The molecule has 0 aromatic heterocycles. The van der Waals surface area contributed by atoms with Crippen LogP contribution >= 0.6 is 0 Å². The summed E-state index contributed by atoms with van der Waals surface area (Å²) in [7, 11) is 0. The van der Waals surface area contributed by atoms with E-state index in [4.69, 9.17) is 5.11 Å². The van der Waals surface area contributed by atoms with Gasteiger partial charge in [0, 0.05) is 13.0 Å². The molecule has 0 heterocycles.